The van der Waals surface area contributed by atoms with Crippen molar-refractivity contribution in [3.63, 3.8) is 0 Å². The summed E-state index contributed by atoms with van der Waals surface area (Å²) in [4.78, 5) is 43.9. The molecule has 1 amide bonds. The third-order valence-electron chi connectivity index (χ3n) is 4.26. The van der Waals surface area contributed by atoms with Gasteiger partial charge in [0.15, 0.2) is 0 Å². The number of benzene rings is 2. The van der Waals surface area contributed by atoms with Gasteiger partial charge >= 0.3 is 0 Å². The van der Waals surface area contributed by atoms with E-state index >= 15 is 0 Å². The summed E-state index contributed by atoms with van der Waals surface area (Å²) < 4.78 is 5.13. The number of nitro groups is 3. The molecule has 0 unspecified atom stereocenters. The molecule has 0 heterocycles. The van der Waals surface area contributed by atoms with Gasteiger partial charge in [-0.2, -0.15) is 0 Å². The van der Waals surface area contributed by atoms with Crippen LogP contribution in [0.5, 0.6) is 0 Å². The fourth-order valence-electron chi connectivity index (χ4n) is 2.80. The van der Waals surface area contributed by atoms with Crippen LogP contribution in [0.1, 0.15) is 5.56 Å². The summed E-state index contributed by atoms with van der Waals surface area (Å²) >= 11 is 12.2. The SMILES string of the molecule is NCCOCCNC(=O)Cc1cc([N+](=O)[O-])cc([N+](=O)[O-])c1Nc1c(Cl)cc([N+](=O)[O-])cc1Cl. The van der Waals surface area contributed by atoms with E-state index in [4.69, 9.17) is 33.7 Å². The van der Waals surface area contributed by atoms with Crippen molar-refractivity contribution in [2.75, 3.05) is 31.6 Å². The maximum absolute atomic E-state index is 12.4. The minimum absolute atomic E-state index is 0.105. The molecule has 34 heavy (non-hydrogen) atoms. The number of nitrogens with two attached hydrogens (primary N) is 1. The molecule has 2 aromatic rings. The number of non-ortho nitro benzene ring substituents is 2. The molecule has 0 fully saturated rings. The monoisotopic (exact) mass is 516 g/mol. The van der Waals surface area contributed by atoms with Crippen LogP contribution < -0.4 is 16.4 Å². The number of nitro benzene ring substituents is 3. The molecular formula is C18H18Cl2N6O8. The molecule has 2 rings (SSSR count). The Morgan fingerprint density at radius 1 is 0.912 bits per heavy atom. The topological polar surface area (TPSA) is 206 Å². The number of nitrogens with zero attached hydrogens (tertiary/aromatic N) is 3. The Kier molecular flexibility index (Phi) is 9.44. The fourth-order valence-corrected chi connectivity index (χ4v) is 3.37. The average molecular weight is 517 g/mol. The standard InChI is InChI=1S/C18H18Cl2N6O8/c19-13-7-12(25(30)31)8-14(20)18(13)23-17-10(6-16(27)22-2-4-34-3-1-21)5-11(24(28)29)9-15(17)26(32)33/h5,7-9,23H,1-4,6,21H2,(H,22,27). The van der Waals surface area contributed by atoms with Crippen LogP contribution in [-0.2, 0) is 16.0 Å². The van der Waals surface area contributed by atoms with Crippen molar-refractivity contribution in [1.29, 1.82) is 0 Å². The lowest BCUT2D eigenvalue weighted by Crippen LogP contribution is -2.29. The highest BCUT2D eigenvalue weighted by Gasteiger charge is 2.27. The molecular weight excluding hydrogens is 499 g/mol. The lowest BCUT2D eigenvalue weighted by molar-refractivity contribution is -0.393. The molecule has 2 aromatic carbocycles. The number of anilines is 2. The van der Waals surface area contributed by atoms with Gasteiger partial charge in [-0.05, 0) is 5.56 Å². The lowest BCUT2D eigenvalue weighted by Gasteiger charge is -2.15. The number of ether oxygens (including phenoxy) is 1. The minimum atomic E-state index is -0.884. The van der Waals surface area contributed by atoms with E-state index in [-0.39, 0.29) is 46.7 Å². The third-order valence-corrected chi connectivity index (χ3v) is 4.86. The molecule has 4 N–H and O–H groups in total. The first-order valence-corrected chi connectivity index (χ1v) is 10.2. The Morgan fingerprint density at radius 3 is 2.03 bits per heavy atom. The van der Waals surface area contributed by atoms with E-state index in [1.54, 1.807) is 0 Å². The first-order chi connectivity index (χ1) is 16.0. The molecule has 0 radical (unpaired) electrons. The zero-order valence-corrected chi connectivity index (χ0v) is 18.8. The van der Waals surface area contributed by atoms with Gasteiger partial charge in [0.2, 0.25) is 5.91 Å². The summed E-state index contributed by atoms with van der Waals surface area (Å²) in [6.45, 7) is 0.863. The Labute approximate surface area is 201 Å². The minimum Gasteiger partial charge on any atom is -0.378 e. The van der Waals surface area contributed by atoms with Crippen LogP contribution in [0, 0.1) is 30.3 Å². The predicted octanol–water partition coefficient (Wildman–Crippen LogP) is 3.10. The Bertz CT molecular complexity index is 1110. The van der Waals surface area contributed by atoms with E-state index in [1.807, 2.05) is 0 Å². The molecule has 182 valence electrons. The van der Waals surface area contributed by atoms with Crippen LogP contribution in [-0.4, -0.2) is 47.0 Å². The van der Waals surface area contributed by atoms with Gasteiger partial charge in [-0.15, -0.1) is 0 Å². The van der Waals surface area contributed by atoms with Crippen molar-refractivity contribution >= 4 is 57.5 Å². The van der Waals surface area contributed by atoms with Crippen molar-refractivity contribution in [3.8, 4) is 0 Å². The third kappa shape index (κ3) is 6.95. The zero-order valence-electron chi connectivity index (χ0n) is 17.3. The molecule has 0 aromatic heterocycles. The lowest BCUT2D eigenvalue weighted by atomic mass is 10.1. The van der Waals surface area contributed by atoms with Crippen molar-refractivity contribution in [2.45, 2.75) is 6.42 Å². The summed E-state index contributed by atoms with van der Waals surface area (Å²) in [7, 11) is 0. The summed E-state index contributed by atoms with van der Waals surface area (Å²) in [6.07, 6.45) is -0.482. The molecule has 0 aliphatic heterocycles. The first kappa shape index (κ1) is 26.7. The van der Waals surface area contributed by atoms with Crippen LogP contribution in [0.15, 0.2) is 24.3 Å². The van der Waals surface area contributed by atoms with E-state index in [2.05, 4.69) is 10.6 Å². The molecule has 0 saturated heterocycles. The van der Waals surface area contributed by atoms with Gasteiger partial charge in [-0.1, -0.05) is 23.2 Å². The van der Waals surface area contributed by atoms with E-state index in [0.29, 0.717) is 12.6 Å². The Hall–Kier alpha value is -3.59. The van der Waals surface area contributed by atoms with Crippen LogP contribution in [0.4, 0.5) is 28.4 Å². The van der Waals surface area contributed by atoms with E-state index < -0.39 is 44.2 Å². The number of hydrogen-bond acceptors (Lipinski definition) is 10. The second-order valence-electron chi connectivity index (χ2n) is 6.61. The smallest absolute Gasteiger partial charge is 0.299 e. The highest BCUT2D eigenvalue weighted by molar-refractivity contribution is 6.39. The van der Waals surface area contributed by atoms with Gasteiger partial charge in [0.05, 0.1) is 56.2 Å². The van der Waals surface area contributed by atoms with Crippen LogP contribution in [0.2, 0.25) is 10.0 Å². The van der Waals surface area contributed by atoms with Gasteiger partial charge in [0.1, 0.15) is 5.69 Å². The van der Waals surface area contributed by atoms with Gasteiger partial charge in [-0.3, -0.25) is 35.1 Å². The maximum atomic E-state index is 12.4. The fraction of sp³-hybridized carbons (Fsp3) is 0.278. The summed E-state index contributed by atoms with van der Waals surface area (Å²) in [5.74, 6) is -0.602. The quantitative estimate of drug-likeness (QED) is 0.213. The zero-order chi connectivity index (χ0) is 25.4. The van der Waals surface area contributed by atoms with Crippen LogP contribution in [0.25, 0.3) is 0 Å². The van der Waals surface area contributed by atoms with E-state index in [1.165, 1.54) is 0 Å². The molecule has 16 heteroatoms. The summed E-state index contributed by atoms with van der Waals surface area (Å²) in [5.41, 5.74) is 3.01. The normalized spacial score (nSPS) is 10.6. The molecule has 0 aliphatic carbocycles. The van der Waals surface area contributed by atoms with Crippen LogP contribution in [0.3, 0.4) is 0 Å². The van der Waals surface area contributed by atoms with Gasteiger partial charge in [0, 0.05) is 31.3 Å². The largest absolute Gasteiger partial charge is 0.378 e. The highest BCUT2D eigenvalue weighted by Crippen LogP contribution is 2.41. The summed E-state index contributed by atoms with van der Waals surface area (Å²) in [5, 5.41) is 38.6. The van der Waals surface area contributed by atoms with E-state index in [9.17, 15) is 35.1 Å². The maximum Gasteiger partial charge on any atom is 0.299 e. The van der Waals surface area contributed by atoms with Gasteiger partial charge in [0.25, 0.3) is 17.1 Å². The number of amides is 1. The molecule has 0 spiro atoms. The number of rotatable bonds is 12. The van der Waals surface area contributed by atoms with Crippen molar-refractivity contribution < 1.29 is 24.3 Å². The number of halogens is 2. The molecule has 0 bridgehead atoms. The van der Waals surface area contributed by atoms with Gasteiger partial charge in [-0.25, -0.2) is 0 Å². The van der Waals surface area contributed by atoms with Crippen LogP contribution >= 0.6 is 23.2 Å². The summed E-state index contributed by atoms with van der Waals surface area (Å²) in [6, 6.07) is 3.64. The van der Waals surface area contributed by atoms with Gasteiger partial charge < -0.3 is 21.1 Å². The average Bonchev–Trinajstić information content (AvgIpc) is 2.75. The Balaban J connectivity index is 2.47. The van der Waals surface area contributed by atoms with Crippen molar-refractivity contribution in [2.24, 2.45) is 5.73 Å². The predicted molar refractivity (Wildman–Crippen MR) is 123 cm³/mol. The molecule has 0 atom stereocenters. The second kappa shape index (κ2) is 12.0. The highest BCUT2D eigenvalue weighted by atomic mass is 35.5. The molecule has 14 nitrogen and oxygen atoms in total. The Morgan fingerprint density at radius 2 is 1.50 bits per heavy atom. The number of carbonyl (C=O) groups excluding carboxylic acids is 1. The van der Waals surface area contributed by atoms with Crippen molar-refractivity contribution in [3.05, 3.63) is 70.2 Å². The first-order valence-electron chi connectivity index (χ1n) is 9.45. The second-order valence-corrected chi connectivity index (χ2v) is 7.42. The number of carbonyl (C=O) groups is 1. The van der Waals surface area contributed by atoms with Crippen molar-refractivity contribution in [1.82, 2.24) is 5.32 Å². The molecule has 0 saturated carbocycles. The number of hydrogen-bond donors (Lipinski definition) is 3. The van der Waals surface area contributed by atoms with E-state index in [0.717, 1.165) is 18.2 Å². The number of nitrogens with one attached hydrogen (secondary N) is 2. The molecule has 0 aliphatic rings.